The van der Waals surface area contributed by atoms with Crippen molar-refractivity contribution in [1.82, 2.24) is 0 Å². The number of hydrogen-bond acceptors (Lipinski definition) is 5. The Morgan fingerprint density at radius 1 is 1.00 bits per heavy atom. The van der Waals surface area contributed by atoms with E-state index >= 15 is 0 Å². The number of amides is 1. The zero-order valence-electron chi connectivity index (χ0n) is 17.9. The van der Waals surface area contributed by atoms with Gasteiger partial charge in [-0.1, -0.05) is 44.0 Å². The van der Waals surface area contributed by atoms with Crippen LogP contribution in [0.3, 0.4) is 0 Å². The number of unbranched alkanes of at least 4 members (excludes halogenated alkanes) is 2. The summed E-state index contributed by atoms with van der Waals surface area (Å²) in [5.74, 6) is -0.813. The predicted octanol–water partition coefficient (Wildman–Crippen LogP) is 5.94. The van der Waals surface area contributed by atoms with Gasteiger partial charge < -0.3 is 9.84 Å². The summed E-state index contributed by atoms with van der Waals surface area (Å²) in [6.45, 7) is 2.78. The Bertz CT molecular complexity index is 1100. The first-order valence-corrected chi connectivity index (χ1v) is 11.6. The van der Waals surface area contributed by atoms with E-state index < -0.39 is 17.7 Å². The van der Waals surface area contributed by atoms with E-state index in [4.69, 9.17) is 4.74 Å². The lowest BCUT2D eigenvalue weighted by atomic mass is 9.99. The molecule has 0 saturated carbocycles. The molecular formula is C26H25NO4S. The summed E-state index contributed by atoms with van der Waals surface area (Å²) in [7, 11) is 0. The molecule has 1 aliphatic heterocycles. The number of thiophene rings is 1. The van der Waals surface area contributed by atoms with Gasteiger partial charge in [0, 0.05) is 16.1 Å². The molecule has 2 heterocycles. The summed E-state index contributed by atoms with van der Waals surface area (Å²) in [6.07, 6.45) is 3.23. The van der Waals surface area contributed by atoms with Gasteiger partial charge in [0.25, 0.3) is 11.7 Å². The molecule has 1 fully saturated rings. The zero-order chi connectivity index (χ0) is 22.5. The summed E-state index contributed by atoms with van der Waals surface area (Å²) < 4.78 is 5.74. The molecule has 6 heteroatoms. The van der Waals surface area contributed by atoms with Gasteiger partial charge in [0.15, 0.2) is 0 Å². The van der Waals surface area contributed by atoms with E-state index in [0.717, 1.165) is 24.1 Å². The largest absolute Gasteiger partial charge is 0.507 e. The summed E-state index contributed by atoms with van der Waals surface area (Å²) in [6, 6.07) is 19.1. The second-order valence-electron chi connectivity index (χ2n) is 7.60. The van der Waals surface area contributed by atoms with Gasteiger partial charge >= 0.3 is 0 Å². The van der Waals surface area contributed by atoms with Crippen molar-refractivity contribution in [2.45, 2.75) is 32.2 Å². The van der Waals surface area contributed by atoms with Crippen LogP contribution in [0.1, 0.15) is 42.7 Å². The smallest absolute Gasteiger partial charge is 0.300 e. The maximum atomic E-state index is 13.1. The van der Waals surface area contributed by atoms with Crippen molar-refractivity contribution in [3.05, 3.63) is 88.1 Å². The van der Waals surface area contributed by atoms with Crippen LogP contribution in [-0.4, -0.2) is 23.4 Å². The maximum Gasteiger partial charge on any atom is 0.300 e. The molecule has 1 amide bonds. The fraction of sp³-hybridized carbons (Fsp3) is 0.231. The van der Waals surface area contributed by atoms with Crippen molar-refractivity contribution in [1.29, 1.82) is 0 Å². The Kier molecular flexibility index (Phi) is 6.71. The third-order valence-electron chi connectivity index (χ3n) is 5.44. The molecule has 1 aromatic heterocycles. The van der Waals surface area contributed by atoms with E-state index in [2.05, 4.69) is 6.92 Å². The molecule has 0 aliphatic carbocycles. The lowest BCUT2D eigenvalue weighted by Gasteiger charge is -2.24. The van der Waals surface area contributed by atoms with Crippen molar-refractivity contribution in [2.75, 3.05) is 11.5 Å². The van der Waals surface area contributed by atoms with Gasteiger partial charge in [-0.3, -0.25) is 14.5 Å². The number of hydrogen-bond donors (Lipinski definition) is 1. The van der Waals surface area contributed by atoms with Gasteiger partial charge in [-0.15, -0.1) is 11.3 Å². The average molecular weight is 448 g/mol. The van der Waals surface area contributed by atoms with E-state index in [-0.39, 0.29) is 11.3 Å². The lowest BCUT2D eigenvalue weighted by molar-refractivity contribution is -0.132. The molecule has 1 atom stereocenters. The zero-order valence-corrected chi connectivity index (χ0v) is 18.7. The number of Topliss-reactive ketones (excluding diaryl/α,β-unsaturated/α-hetero) is 1. The number of anilines is 1. The van der Waals surface area contributed by atoms with Crippen LogP contribution >= 0.6 is 11.3 Å². The number of para-hydroxylation sites is 1. The summed E-state index contributed by atoms with van der Waals surface area (Å²) in [5.41, 5.74) is 1.18. The highest BCUT2D eigenvalue weighted by molar-refractivity contribution is 7.10. The number of ketones is 1. The number of benzene rings is 2. The van der Waals surface area contributed by atoms with Crippen LogP contribution < -0.4 is 9.64 Å². The summed E-state index contributed by atoms with van der Waals surface area (Å²) >= 11 is 1.44. The molecular weight excluding hydrogens is 422 g/mol. The molecule has 1 aliphatic rings. The SMILES string of the molecule is CCCCCOc1ccc(/C(O)=C2/C(=O)C(=O)N(c3ccccc3)C2c2cccs2)cc1. The molecule has 3 aromatic rings. The molecule has 2 aromatic carbocycles. The van der Waals surface area contributed by atoms with Gasteiger partial charge in [-0.05, 0) is 54.3 Å². The Morgan fingerprint density at radius 2 is 1.75 bits per heavy atom. The third-order valence-corrected chi connectivity index (χ3v) is 6.36. The second kappa shape index (κ2) is 9.83. The number of aliphatic hydroxyl groups is 1. The van der Waals surface area contributed by atoms with Crippen molar-refractivity contribution < 1.29 is 19.4 Å². The Labute approximate surface area is 191 Å². The minimum absolute atomic E-state index is 0.0953. The first-order valence-electron chi connectivity index (χ1n) is 10.7. The second-order valence-corrected chi connectivity index (χ2v) is 8.58. The van der Waals surface area contributed by atoms with Gasteiger partial charge in [0.05, 0.1) is 12.2 Å². The van der Waals surface area contributed by atoms with Crippen LogP contribution in [0.15, 0.2) is 77.7 Å². The molecule has 1 saturated heterocycles. The van der Waals surface area contributed by atoms with E-state index in [1.54, 1.807) is 36.4 Å². The molecule has 1 N–H and O–H groups in total. The van der Waals surface area contributed by atoms with Crippen LogP contribution in [0.5, 0.6) is 5.75 Å². The van der Waals surface area contributed by atoms with Crippen LogP contribution in [0.2, 0.25) is 0 Å². The molecule has 5 nitrogen and oxygen atoms in total. The molecule has 164 valence electrons. The highest BCUT2D eigenvalue weighted by Gasteiger charge is 2.47. The van der Waals surface area contributed by atoms with Crippen LogP contribution in [-0.2, 0) is 9.59 Å². The highest BCUT2D eigenvalue weighted by Crippen LogP contribution is 2.43. The van der Waals surface area contributed by atoms with Gasteiger partial charge in [-0.25, -0.2) is 0 Å². The topological polar surface area (TPSA) is 66.8 Å². The van der Waals surface area contributed by atoms with E-state index in [9.17, 15) is 14.7 Å². The van der Waals surface area contributed by atoms with Crippen LogP contribution in [0, 0.1) is 0 Å². The minimum Gasteiger partial charge on any atom is -0.507 e. The molecule has 1 unspecified atom stereocenters. The normalized spacial score (nSPS) is 17.7. The van der Waals surface area contributed by atoms with Gasteiger partial charge in [0.2, 0.25) is 0 Å². The van der Waals surface area contributed by atoms with Crippen LogP contribution in [0.4, 0.5) is 5.69 Å². The first-order chi connectivity index (χ1) is 15.6. The monoisotopic (exact) mass is 447 g/mol. The number of rotatable bonds is 8. The van der Waals surface area contributed by atoms with Crippen molar-refractivity contribution in [2.24, 2.45) is 0 Å². The number of nitrogens with zero attached hydrogens (tertiary/aromatic N) is 1. The first kappa shape index (κ1) is 21.8. The Morgan fingerprint density at radius 3 is 2.41 bits per heavy atom. The summed E-state index contributed by atoms with van der Waals surface area (Å²) in [5, 5.41) is 13.0. The number of carbonyl (C=O) groups excluding carboxylic acids is 2. The van der Waals surface area contributed by atoms with E-state index in [1.165, 1.54) is 16.2 Å². The highest BCUT2D eigenvalue weighted by atomic mass is 32.1. The molecule has 32 heavy (non-hydrogen) atoms. The van der Waals surface area contributed by atoms with Gasteiger partial charge in [0.1, 0.15) is 17.6 Å². The number of carbonyl (C=O) groups is 2. The fourth-order valence-corrected chi connectivity index (χ4v) is 4.63. The van der Waals surface area contributed by atoms with Crippen molar-refractivity contribution >= 4 is 34.5 Å². The van der Waals surface area contributed by atoms with Crippen LogP contribution in [0.25, 0.3) is 5.76 Å². The number of ether oxygens (including phenoxy) is 1. The predicted molar refractivity (Wildman–Crippen MR) is 127 cm³/mol. The number of aliphatic hydroxyl groups excluding tert-OH is 1. The molecule has 0 bridgehead atoms. The summed E-state index contributed by atoms with van der Waals surface area (Å²) in [4.78, 5) is 28.3. The minimum atomic E-state index is -0.690. The van der Waals surface area contributed by atoms with E-state index in [0.29, 0.717) is 23.6 Å². The maximum absolute atomic E-state index is 13.1. The van der Waals surface area contributed by atoms with Gasteiger partial charge in [-0.2, -0.15) is 0 Å². The van der Waals surface area contributed by atoms with Crippen molar-refractivity contribution in [3.8, 4) is 5.75 Å². The van der Waals surface area contributed by atoms with E-state index in [1.807, 2.05) is 35.7 Å². The molecule has 0 radical (unpaired) electrons. The Balaban J connectivity index is 1.70. The molecule has 0 spiro atoms. The van der Waals surface area contributed by atoms with Crippen molar-refractivity contribution in [3.63, 3.8) is 0 Å². The molecule has 4 rings (SSSR count). The third kappa shape index (κ3) is 4.32. The quantitative estimate of drug-likeness (QED) is 0.201. The lowest BCUT2D eigenvalue weighted by Crippen LogP contribution is -2.29. The average Bonchev–Trinajstić information content (AvgIpc) is 3.44. The Hall–Kier alpha value is -3.38. The standard InChI is InChI=1S/C26H25NO4S/c1-2-3-7-16-31-20-14-12-18(13-15-20)24(28)22-23(21-11-8-17-32-21)27(26(30)25(22)29)19-9-5-4-6-10-19/h4-6,8-15,17,23,28H,2-3,7,16H2,1H3/b24-22-. The fourth-order valence-electron chi connectivity index (χ4n) is 3.81.